The van der Waals surface area contributed by atoms with Crippen LogP contribution in [0.15, 0.2) is 29.6 Å². The molecule has 0 atom stereocenters. The van der Waals surface area contributed by atoms with Crippen LogP contribution in [-0.4, -0.2) is 74.5 Å². The highest BCUT2D eigenvalue weighted by Gasteiger charge is 2.18. The smallest absolute Gasteiger partial charge is 0.273 e. The molecule has 0 aliphatic rings. The predicted molar refractivity (Wildman–Crippen MR) is 107 cm³/mol. The van der Waals surface area contributed by atoms with Gasteiger partial charge in [-0.05, 0) is 26.2 Å². The van der Waals surface area contributed by atoms with Gasteiger partial charge in [0.15, 0.2) is 5.13 Å². The molecule has 9 heteroatoms. The van der Waals surface area contributed by atoms with Crippen LogP contribution in [0.5, 0.6) is 5.75 Å². The van der Waals surface area contributed by atoms with Crippen molar-refractivity contribution in [3.63, 3.8) is 0 Å². The Balaban J connectivity index is 1.92. The van der Waals surface area contributed by atoms with Crippen molar-refractivity contribution in [2.75, 3.05) is 53.2 Å². The van der Waals surface area contributed by atoms with Crippen LogP contribution in [0, 0.1) is 0 Å². The molecule has 1 aromatic heterocycles. The van der Waals surface area contributed by atoms with E-state index in [0.29, 0.717) is 23.1 Å². The molecule has 0 fully saturated rings. The highest BCUT2D eigenvalue weighted by atomic mass is 32.1. The molecule has 0 unspecified atom stereocenters. The third-order valence-corrected chi connectivity index (χ3v) is 4.44. The molecule has 8 nitrogen and oxygen atoms in total. The molecular weight excluding hydrogens is 366 g/mol. The first-order valence-corrected chi connectivity index (χ1v) is 9.31. The first-order valence-electron chi connectivity index (χ1n) is 8.43. The SMILES string of the molecule is COc1ccccc1Nc1nc(C(=O)N(C)CC(=O)NCCN(C)C)cs1. The fraction of sp³-hybridized carbons (Fsp3) is 0.389. The van der Waals surface area contributed by atoms with Crippen LogP contribution in [-0.2, 0) is 4.79 Å². The van der Waals surface area contributed by atoms with E-state index in [9.17, 15) is 9.59 Å². The maximum Gasteiger partial charge on any atom is 0.273 e. The average Bonchev–Trinajstić information content (AvgIpc) is 3.09. The number of ether oxygens (including phenoxy) is 1. The molecule has 0 saturated heterocycles. The Kier molecular flexibility index (Phi) is 7.56. The minimum absolute atomic E-state index is 0.0148. The molecule has 2 aromatic rings. The zero-order valence-electron chi connectivity index (χ0n) is 16.0. The second-order valence-electron chi connectivity index (χ2n) is 6.18. The van der Waals surface area contributed by atoms with Crippen LogP contribution >= 0.6 is 11.3 Å². The summed E-state index contributed by atoms with van der Waals surface area (Å²) in [4.78, 5) is 32.0. The van der Waals surface area contributed by atoms with Gasteiger partial charge in [0.05, 0.1) is 19.3 Å². The minimum atomic E-state index is -0.304. The zero-order valence-corrected chi connectivity index (χ0v) is 16.8. The summed E-state index contributed by atoms with van der Waals surface area (Å²) in [5.41, 5.74) is 1.06. The molecule has 2 amide bonds. The van der Waals surface area contributed by atoms with Crippen LogP contribution in [0.4, 0.5) is 10.8 Å². The average molecular weight is 391 g/mol. The summed E-state index contributed by atoms with van der Waals surface area (Å²) >= 11 is 1.31. The topological polar surface area (TPSA) is 86.8 Å². The van der Waals surface area contributed by atoms with Gasteiger partial charge in [0.25, 0.3) is 5.91 Å². The quantitative estimate of drug-likeness (QED) is 0.676. The number of rotatable bonds is 9. The van der Waals surface area contributed by atoms with Gasteiger partial charge in [-0.1, -0.05) is 12.1 Å². The number of amides is 2. The van der Waals surface area contributed by atoms with Crippen molar-refractivity contribution in [1.29, 1.82) is 0 Å². The molecule has 0 aliphatic heterocycles. The Bertz CT molecular complexity index is 778. The molecular formula is C18H25N5O3S. The van der Waals surface area contributed by atoms with Gasteiger partial charge in [0.1, 0.15) is 11.4 Å². The molecule has 0 bridgehead atoms. The van der Waals surface area contributed by atoms with E-state index in [1.54, 1.807) is 19.5 Å². The summed E-state index contributed by atoms with van der Waals surface area (Å²) in [5.74, 6) is 0.185. The van der Waals surface area contributed by atoms with Gasteiger partial charge in [-0.3, -0.25) is 9.59 Å². The Morgan fingerprint density at radius 3 is 2.67 bits per heavy atom. The van der Waals surface area contributed by atoms with Crippen molar-refractivity contribution in [3.05, 3.63) is 35.3 Å². The van der Waals surface area contributed by atoms with E-state index in [1.165, 1.54) is 16.2 Å². The monoisotopic (exact) mass is 391 g/mol. The molecule has 0 radical (unpaired) electrons. The van der Waals surface area contributed by atoms with Gasteiger partial charge in [-0.25, -0.2) is 4.98 Å². The number of likely N-dealkylation sites (N-methyl/N-ethyl adjacent to an activating group) is 2. The van der Waals surface area contributed by atoms with E-state index in [2.05, 4.69) is 15.6 Å². The summed E-state index contributed by atoms with van der Waals surface area (Å²) in [6, 6.07) is 7.46. The zero-order chi connectivity index (χ0) is 19.8. The number of thiazole rings is 1. The number of anilines is 2. The van der Waals surface area contributed by atoms with Crippen molar-refractivity contribution in [3.8, 4) is 5.75 Å². The normalized spacial score (nSPS) is 10.6. The molecule has 2 N–H and O–H groups in total. The summed E-state index contributed by atoms with van der Waals surface area (Å²) in [5, 5.41) is 8.17. The van der Waals surface area contributed by atoms with Crippen LogP contribution in [0.1, 0.15) is 10.5 Å². The number of aromatic nitrogens is 1. The number of nitrogens with zero attached hydrogens (tertiary/aromatic N) is 3. The standard InChI is InChI=1S/C18H25N5O3S/c1-22(2)10-9-19-16(24)11-23(3)17(25)14-12-27-18(21-14)20-13-7-5-6-8-15(13)26-4/h5-8,12H,9-11H2,1-4H3,(H,19,24)(H,20,21). The van der Waals surface area contributed by atoms with Gasteiger partial charge in [-0.2, -0.15) is 0 Å². The summed E-state index contributed by atoms with van der Waals surface area (Å²) in [7, 11) is 7.04. The first kappa shape index (κ1) is 20.7. The number of nitrogens with one attached hydrogen (secondary N) is 2. The van der Waals surface area contributed by atoms with Crippen molar-refractivity contribution in [1.82, 2.24) is 20.1 Å². The van der Waals surface area contributed by atoms with Gasteiger partial charge < -0.3 is 25.2 Å². The van der Waals surface area contributed by atoms with Crippen molar-refractivity contribution in [2.24, 2.45) is 0 Å². The Morgan fingerprint density at radius 2 is 1.96 bits per heavy atom. The lowest BCUT2D eigenvalue weighted by Crippen LogP contribution is -2.40. The van der Waals surface area contributed by atoms with Crippen LogP contribution in [0.2, 0.25) is 0 Å². The third-order valence-electron chi connectivity index (χ3n) is 3.68. The van der Waals surface area contributed by atoms with Gasteiger partial charge in [0, 0.05) is 25.5 Å². The lowest BCUT2D eigenvalue weighted by atomic mass is 10.3. The van der Waals surface area contributed by atoms with Gasteiger partial charge in [0.2, 0.25) is 5.91 Å². The van der Waals surface area contributed by atoms with Crippen LogP contribution in [0.3, 0.4) is 0 Å². The number of benzene rings is 1. The van der Waals surface area contributed by atoms with E-state index >= 15 is 0 Å². The fourth-order valence-electron chi connectivity index (χ4n) is 2.25. The minimum Gasteiger partial charge on any atom is -0.495 e. The molecule has 1 aromatic carbocycles. The van der Waals surface area contributed by atoms with E-state index in [-0.39, 0.29) is 18.4 Å². The predicted octanol–water partition coefficient (Wildman–Crippen LogP) is 1.65. The number of methoxy groups -OCH3 is 1. The Morgan fingerprint density at radius 1 is 1.22 bits per heavy atom. The molecule has 1 heterocycles. The molecule has 27 heavy (non-hydrogen) atoms. The Hall–Kier alpha value is -2.65. The molecule has 2 rings (SSSR count). The molecule has 0 spiro atoms. The summed E-state index contributed by atoms with van der Waals surface area (Å²) in [6.45, 7) is 1.27. The van der Waals surface area contributed by atoms with Crippen LogP contribution in [0.25, 0.3) is 0 Å². The maximum atomic E-state index is 12.5. The van der Waals surface area contributed by atoms with Crippen molar-refractivity contribution in [2.45, 2.75) is 0 Å². The number of para-hydroxylation sites is 2. The molecule has 146 valence electrons. The van der Waals surface area contributed by atoms with E-state index < -0.39 is 0 Å². The van der Waals surface area contributed by atoms with Gasteiger partial charge in [-0.15, -0.1) is 11.3 Å². The lowest BCUT2D eigenvalue weighted by Gasteiger charge is -2.16. The van der Waals surface area contributed by atoms with E-state index in [0.717, 1.165) is 12.2 Å². The Labute approximate surface area is 163 Å². The second-order valence-corrected chi connectivity index (χ2v) is 7.04. The number of hydrogen-bond donors (Lipinski definition) is 2. The highest BCUT2D eigenvalue weighted by Crippen LogP contribution is 2.28. The van der Waals surface area contributed by atoms with Crippen LogP contribution < -0.4 is 15.4 Å². The number of carbonyl (C=O) groups is 2. The first-order chi connectivity index (χ1) is 12.9. The van der Waals surface area contributed by atoms with Gasteiger partial charge >= 0.3 is 0 Å². The maximum absolute atomic E-state index is 12.5. The number of hydrogen-bond acceptors (Lipinski definition) is 7. The fourth-order valence-corrected chi connectivity index (χ4v) is 2.95. The third kappa shape index (κ3) is 6.22. The lowest BCUT2D eigenvalue weighted by molar-refractivity contribution is -0.121. The summed E-state index contributed by atoms with van der Waals surface area (Å²) in [6.07, 6.45) is 0. The van der Waals surface area contributed by atoms with Crippen molar-refractivity contribution >= 4 is 34.0 Å². The van der Waals surface area contributed by atoms with E-state index in [4.69, 9.17) is 4.74 Å². The number of carbonyl (C=O) groups excluding carboxylic acids is 2. The van der Waals surface area contributed by atoms with E-state index in [1.807, 2.05) is 43.3 Å². The highest BCUT2D eigenvalue weighted by molar-refractivity contribution is 7.14. The summed E-state index contributed by atoms with van der Waals surface area (Å²) < 4.78 is 5.29. The molecule has 0 aliphatic carbocycles. The largest absolute Gasteiger partial charge is 0.495 e. The molecule has 0 saturated carbocycles. The second kappa shape index (κ2) is 9.89. The van der Waals surface area contributed by atoms with Crippen molar-refractivity contribution < 1.29 is 14.3 Å².